The minimum atomic E-state index is -0.909. The van der Waals surface area contributed by atoms with Gasteiger partial charge in [0.15, 0.2) is 6.10 Å². The smallest absolute Gasteiger partial charge is 0.344 e. The maximum Gasteiger partial charge on any atom is 0.344 e. The summed E-state index contributed by atoms with van der Waals surface area (Å²) in [4.78, 5) is 11.2. The van der Waals surface area contributed by atoms with Crippen LogP contribution in [-0.2, 0) is 4.79 Å². The van der Waals surface area contributed by atoms with Gasteiger partial charge in [-0.05, 0) is 26.0 Å². The summed E-state index contributed by atoms with van der Waals surface area (Å²) in [5.74, 6) is -0.260. The zero-order valence-electron chi connectivity index (χ0n) is 11.8. The second-order valence-electron chi connectivity index (χ2n) is 4.55. The topological polar surface area (TPSA) is 58.6 Å². The van der Waals surface area contributed by atoms with Crippen molar-refractivity contribution < 1.29 is 14.6 Å². The van der Waals surface area contributed by atoms with Gasteiger partial charge >= 0.3 is 5.97 Å². The molecule has 2 atom stereocenters. The van der Waals surface area contributed by atoms with Gasteiger partial charge in [-0.2, -0.15) is 0 Å². The van der Waals surface area contributed by atoms with Gasteiger partial charge in [-0.1, -0.05) is 38.5 Å². The zero-order valence-corrected chi connectivity index (χ0v) is 11.8. The lowest BCUT2D eigenvalue weighted by molar-refractivity contribution is -0.145. The van der Waals surface area contributed by atoms with Crippen molar-refractivity contribution >= 4 is 5.97 Å². The van der Waals surface area contributed by atoms with Crippen LogP contribution in [-0.4, -0.2) is 23.7 Å². The fraction of sp³-hybridized carbons (Fsp3) is 0.533. The molecule has 1 aromatic rings. The Balaban J connectivity index is 2.90. The minimum absolute atomic E-state index is 0.136. The van der Waals surface area contributed by atoms with Crippen molar-refractivity contribution in [1.82, 2.24) is 5.32 Å². The van der Waals surface area contributed by atoms with Crippen LogP contribution in [0.25, 0.3) is 0 Å². The van der Waals surface area contributed by atoms with Crippen molar-refractivity contribution in [3.05, 3.63) is 29.8 Å². The summed E-state index contributed by atoms with van der Waals surface area (Å²) in [7, 11) is 0. The summed E-state index contributed by atoms with van der Waals surface area (Å²) in [5.41, 5.74) is 0.992. The summed E-state index contributed by atoms with van der Waals surface area (Å²) in [5, 5.41) is 12.5. The van der Waals surface area contributed by atoms with E-state index in [2.05, 4.69) is 5.32 Å². The second-order valence-corrected chi connectivity index (χ2v) is 4.55. The molecule has 1 aromatic carbocycles. The van der Waals surface area contributed by atoms with Crippen LogP contribution in [0.15, 0.2) is 24.3 Å². The van der Waals surface area contributed by atoms with Gasteiger partial charge in [-0.3, -0.25) is 0 Å². The molecule has 0 spiro atoms. The molecule has 0 saturated carbocycles. The molecule has 0 saturated heterocycles. The Labute approximate surface area is 114 Å². The van der Waals surface area contributed by atoms with Crippen LogP contribution < -0.4 is 10.1 Å². The lowest BCUT2D eigenvalue weighted by Gasteiger charge is -2.20. The molecule has 1 rings (SSSR count). The standard InChI is InChI=1S/C15H23NO3/c1-4-8-14(15(17)18)19-13-10-7-6-9-12(13)11(3)16-5-2/h6-7,9-11,14,16H,4-5,8H2,1-3H3,(H,17,18). The first-order chi connectivity index (χ1) is 9.10. The van der Waals surface area contributed by atoms with E-state index in [1.165, 1.54) is 0 Å². The SMILES string of the molecule is CCCC(Oc1ccccc1C(C)NCC)C(=O)O. The summed E-state index contributed by atoms with van der Waals surface area (Å²) in [6.07, 6.45) is 0.515. The molecule has 0 aliphatic rings. The van der Waals surface area contributed by atoms with E-state index in [1.54, 1.807) is 0 Å². The molecule has 2 unspecified atom stereocenters. The molecule has 0 aromatic heterocycles. The van der Waals surface area contributed by atoms with E-state index < -0.39 is 12.1 Å². The van der Waals surface area contributed by atoms with Gasteiger partial charge in [0.05, 0.1) is 0 Å². The predicted octanol–water partition coefficient (Wildman–Crippen LogP) is 2.99. The van der Waals surface area contributed by atoms with Crippen LogP contribution in [0.2, 0.25) is 0 Å². The number of hydrogen-bond acceptors (Lipinski definition) is 3. The first-order valence-electron chi connectivity index (χ1n) is 6.81. The van der Waals surface area contributed by atoms with Crippen LogP contribution in [0.3, 0.4) is 0 Å². The van der Waals surface area contributed by atoms with E-state index in [-0.39, 0.29) is 6.04 Å². The highest BCUT2D eigenvalue weighted by atomic mass is 16.5. The number of hydrogen-bond donors (Lipinski definition) is 2. The lowest BCUT2D eigenvalue weighted by atomic mass is 10.1. The molecule has 0 fully saturated rings. The number of ether oxygens (including phenoxy) is 1. The summed E-state index contributed by atoms with van der Waals surface area (Å²) in [6, 6.07) is 7.73. The number of carboxylic acid groups (broad SMARTS) is 1. The number of aliphatic carboxylic acids is 1. The molecule has 0 heterocycles. The molecule has 0 aliphatic carbocycles. The Morgan fingerprint density at radius 1 is 1.37 bits per heavy atom. The maximum atomic E-state index is 11.2. The van der Waals surface area contributed by atoms with Crippen molar-refractivity contribution in [1.29, 1.82) is 0 Å². The lowest BCUT2D eigenvalue weighted by Crippen LogP contribution is -2.28. The van der Waals surface area contributed by atoms with E-state index >= 15 is 0 Å². The largest absolute Gasteiger partial charge is 0.479 e. The number of carbonyl (C=O) groups is 1. The van der Waals surface area contributed by atoms with Crippen molar-refractivity contribution in [2.24, 2.45) is 0 Å². The highest BCUT2D eigenvalue weighted by Gasteiger charge is 2.20. The van der Waals surface area contributed by atoms with Crippen LogP contribution in [0.4, 0.5) is 0 Å². The van der Waals surface area contributed by atoms with Crippen LogP contribution >= 0.6 is 0 Å². The second kappa shape index (κ2) is 7.79. The van der Waals surface area contributed by atoms with Crippen LogP contribution in [0.1, 0.15) is 45.2 Å². The normalized spacial score (nSPS) is 13.8. The third kappa shape index (κ3) is 4.56. The summed E-state index contributed by atoms with van der Waals surface area (Å²) in [6.45, 7) is 6.89. The van der Waals surface area contributed by atoms with E-state index in [0.29, 0.717) is 12.2 Å². The van der Waals surface area contributed by atoms with Crippen molar-refractivity contribution in [3.63, 3.8) is 0 Å². The fourth-order valence-corrected chi connectivity index (χ4v) is 2.01. The van der Waals surface area contributed by atoms with Crippen LogP contribution in [0, 0.1) is 0 Å². The average Bonchev–Trinajstić information content (AvgIpc) is 2.39. The number of carboxylic acids is 1. The highest BCUT2D eigenvalue weighted by molar-refractivity contribution is 5.72. The first-order valence-corrected chi connectivity index (χ1v) is 6.81. The molecular weight excluding hydrogens is 242 g/mol. The minimum Gasteiger partial charge on any atom is -0.479 e. The number of rotatable bonds is 8. The van der Waals surface area contributed by atoms with Crippen LogP contribution in [0.5, 0.6) is 5.75 Å². The van der Waals surface area contributed by atoms with Crippen molar-refractivity contribution in [2.75, 3.05) is 6.54 Å². The van der Waals surface area contributed by atoms with Gasteiger partial charge in [-0.25, -0.2) is 4.79 Å². The molecule has 0 aliphatic heterocycles. The van der Waals surface area contributed by atoms with Crippen molar-refractivity contribution in [3.8, 4) is 5.75 Å². The number of nitrogens with one attached hydrogen (secondary N) is 1. The molecule has 106 valence electrons. The Bertz CT molecular complexity index is 406. The molecule has 0 radical (unpaired) electrons. The molecule has 0 bridgehead atoms. The van der Waals surface area contributed by atoms with E-state index in [0.717, 1.165) is 18.5 Å². The molecule has 19 heavy (non-hydrogen) atoms. The Morgan fingerprint density at radius 3 is 2.63 bits per heavy atom. The first kappa shape index (κ1) is 15.5. The average molecular weight is 265 g/mol. The molecule has 0 amide bonds. The number of para-hydroxylation sites is 1. The molecule has 4 heteroatoms. The third-order valence-corrected chi connectivity index (χ3v) is 2.99. The third-order valence-electron chi connectivity index (χ3n) is 2.99. The molecular formula is C15H23NO3. The van der Waals surface area contributed by atoms with Gasteiger partial charge in [0.25, 0.3) is 0 Å². The van der Waals surface area contributed by atoms with Crippen molar-refractivity contribution in [2.45, 2.75) is 45.8 Å². The van der Waals surface area contributed by atoms with E-state index in [4.69, 9.17) is 9.84 Å². The van der Waals surface area contributed by atoms with E-state index in [9.17, 15) is 4.79 Å². The van der Waals surface area contributed by atoms with E-state index in [1.807, 2.05) is 45.0 Å². The maximum absolute atomic E-state index is 11.2. The Morgan fingerprint density at radius 2 is 2.05 bits per heavy atom. The monoisotopic (exact) mass is 265 g/mol. The highest BCUT2D eigenvalue weighted by Crippen LogP contribution is 2.26. The van der Waals surface area contributed by atoms with Gasteiger partial charge in [0.1, 0.15) is 5.75 Å². The quantitative estimate of drug-likeness (QED) is 0.758. The van der Waals surface area contributed by atoms with Gasteiger partial charge in [-0.15, -0.1) is 0 Å². The predicted molar refractivity (Wildman–Crippen MR) is 75.5 cm³/mol. The molecule has 4 nitrogen and oxygen atoms in total. The van der Waals surface area contributed by atoms with Gasteiger partial charge < -0.3 is 15.2 Å². The fourth-order valence-electron chi connectivity index (χ4n) is 2.01. The van der Waals surface area contributed by atoms with Gasteiger partial charge in [0.2, 0.25) is 0 Å². The Kier molecular flexibility index (Phi) is 6.36. The van der Waals surface area contributed by atoms with Gasteiger partial charge in [0, 0.05) is 11.6 Å². The summed E-state index contributed by atoms with van der Waals surface area (Å²) >= 11 is 0. The molecule has 2 N–H and O–H groups in total. The summed E-state index contributed by atoms with van der Waals surface area (Å²) < 4.78 is 5.68. The number of benzene rings is 1. The Hall–Kier alpha value is -1.55. The zero-order chi connectivity index (χ0) is 14.3.